The number of rotatable bonds is 6. The number of piperidine rings is 1. The van der Waals surface area contributed by atoms with Crippen LogP contribution in [0, 0.1) is 0 Å². The first-order chi connectivity index (χ1) is 15.8. The standard InChI is InChI=1S/C24H32N8/c1-2-4-6-19(5-3-1)23-25-14-11-22(27-23)26-21-9-7-18(8-10-21)17-32-15-12-20(13-16-32)24-28-30-31-29-24/h7-11,14,19-20H,1-6,12-13,15-17H2,(H,25,26,27)(H,28,29,30,31). The zero-order valence-electron chi connectivity index (χ0n) is 18.6. The minimum Gasteiger partial charge on any atom is -0.340 e. The molecule has 2 N–H and O–H groups in total. The van der Waals surface area contributed by atoms with E-state index in [-0.39, 0.29) is 0 Å². The van der Waals surface area contributed by atoms with Crippen LogP contribution in [-0.4, -0.2) is 48.6 Å². The van der Waals surface area contributed by atoms with Crippen LogP contribution in [0.15, 0.2) is 36.5 Å². The molecule has 32 heavy (non-hydrogen) atoms. The zero-order chi connectivity index (χ0) is 21.6. The second kappa shape index (κ2) is 10.2. The molecule has 1 saturated carbocycles. The lowest BCUT2D eigenvalue weighted by atomic mass is 9.96. The van der Waals surface area contributed by atoms with Crippen LogP contribution in [0.4, 0.5) is 11.5 Å². The van der Waals surface area contributed by atoms with Gasteiger partial charge in [0.1, 0.15) is 11.6 Å². The fraction of sp³-hybridized carbons (Fsp3) is 0.542. The van der Waals surface area contributed by atoms with Crippen molar-refractivity contribution in [3.05, 3.63) is 53.7 Å². The Bertz CT molecular complexity index is 956. The van der Waals surface area contributed by atoms with Crippen LogP contribution in [-0.2, 0) is 6.54 Å². The van der Waals surface area contributed by atoms with Gasteiger partial charge in [-0.1, -0.05) is 43.0 Å². The van der Waals surface area contributed by atoms with E-state index in [0.29, 0.717) is 11.8 Å². The Hall–Kier alpha value is -2.87. The number of tetrazole rings is 1. The number of hydrogen-bond donors (Lipinski definition) is 2. The van der Waals surface area contributed by atoms with Gasteiger partial charge in [-0.2, -0.15) is 5.21 Å². The zero-order valence-corrected chi connectivity index (χ0v) is 18.6. The summed E-state index contributed by atoms with van der Waals surface area (Å²) in [7, 11) is 0. The Morgan fingerprint density at radius 3 is 2.34 bits per heavy atom. The van der Waals surface area contributed by atoms with E-state index in [2.05, 4.69) is 60.1 Å². The molecule has 1 aliphatic carbocycles. The van der Waals surface area contributed by atoms with Crippen molar-refractivity contribution in [2.45, 2.75) is 69.7 Å². The van der Waals surface area contributed by atoms with Gasteiger partial charge in [0.15, 0.2) is 5.82 Å². The monoisotopic (exact) mass is 432 g/mol. The van der Waals surface area contributed by atoms with E-state index in [1.54, 1.807) is 0 Å². The van der Waals surface area contributed by atoms with E-state index in [4.69, 9.17) is 4.98 Å². The van der Waals surface area contributed by atoms with Gasteiger partial charge in [0.25, 0.3) is 0 Å². The van der Waals surface area contributed by atoms with Crippen LogP contribution in [0.5, 0.6) is 0 Å². The number of H-pyrrole nitrogens is 1. The third-order valence-corrected chi connectivity index (χ3v) is 6.84. The van der Waals surface area contributed by atoms with E-state index in [0.717, 1.165) is 55.6 Å². The van der Waals surface area contributed by atoms with Crippen LogP contribution in [0.3, 0.4) is 0 Å². The van der Waals surface area contributed by atoms with Gasteiger partial charge >= 0.3 is 0 Å². The number of benzene rings is 1. The molecule has 0 spiro atoms. The fourth-order valence-corrected chi connectivity index (χ4v) is 4.97. The predicted molar refractivity (Wildman–Crippen MR) is 124 cm³/mol. The molecule has 0 bridgehead atoms. The summed E-state index contributed by atoms with van der Waals surface area (Å²) in [5, 5.41) is 18.0. The van der Waals surface area contributed by atoms with Crippen LogP contribution in [0.2, 0.25) is 0 Å². The molecule has 0 amide bonds. The van der Waals surface area contributed by atoms with Crippen molar-refractivity contribution in [1.82, 2.24) is 35.5 Å². The Balaban J connectivity index is 1.15. The molecule has 0 atom stereocenters. The summed E-state index contributed by atoms with van der Waals surface area (Å²) >= 11 is 0. The Morgan fingerprint density at radius 1 is 0.875 bits per heavy atom. The van der Waals surface area contributed by atoms with Crippen molar-refractivity contribution in [3.8, 4) is 0 Å². The maximum Gasteiger partial charge on any atom is 0.177 e. The molecule has 2 aliphatic rings. The molecule has 1 saturated heterocycles. The largest absolute Gasteiger partial charge is 0.340 e. The molecule has 168 valence electrons. The van der Waals surface area contributed by atoms with Crippen LogP contribution in [0.1, 0.15) is 80.4 Å². The second-order valence-electron chi connectivity index (χ2n) is 9.13. The second-order valence-corrected chi connectivity index (χ2v) is 9.13. The SMILES string of the molecule is c1cc(Nc2ccc(CN3CCC(c4nn[nH]n4)CC3)cc2)nc(C2CCCCCC2)n1. The van der Waals surface area contributed by atoms with Crippen molar-refractivity contribution in [2.75, 3.05) is 18.4 Å². The Kier molecular flexibility index (Phi) is 6.67. The summed E-state index contributed by atoms with van der Waals surface area (Å²) in [6.45, 7) is 3.09. The van der Waals surface area contributed by atoms with Gasteiger partial charge in [-0.15, -0.1) is 10.2 Å². The first-order valence-corrected chi connectivity index (χ1v) is 12.0. The molecule has 1 aromatic carbocycles. The lowest BCUT2D eigenvalue weighted by Crippen LogP contribution is -2.32. The summed E-state index contributed by atoms with van der Waals surface area (Å²) < 4.78 is 0. The molecule has 3 heterocycles. The maximum absolute atomic E-state index is 4.83. The lowest BCUT2D eigenvalue weighted by molar-refractivity contribution is 0.201. The fourth-order valence-electron chi connectivity index (χ4n) is 4.97. The van der Waals surface area contributed by atoms with Gasteiger partial charge in [-0.25, -0.2) is 9.97 Å². The molecule has 0 radical (unpaired) electrons. The minimum atomic E-state index is 0.423. The lowest BCUT2D eigenvalue weighted by Gasteiger charge is -2.30. The van der Waals surface area contributed by atoms with Gasteiger partial charge in [0.2, 0.25) is 0 Å². The molecule has 0 unspecified atom stereocenters. The van der Waals surface area contributed by atoms with Gasteiger partial charge < -0.3 is 5.32 Å². The highest BCUT2D eigenvalue weighted by Gasteiger charge is 2.23. The first-order valence-electron chi connectivity index (χ1n) is 12.0. The van der Waals surface area contributed by atoms with Crippen molar-refractivity contribution >= 4 is 11.5 Å². The summed E-state index contributed by atoms with van der Waals surface area (Å²) in [4.78, 5) is 11.9. The average Bonchev–Trinajstić information content (AvgIpc) is 3.23. The minimum absolute atomic E-state index is 0.423. The number of aromatic nitrogens is 6. The Morgan fingerprint density at radius 2 is 1.62 bits per heavy atom. The molecular weight excluding hydrogens is 400 g/mol. The van der Waals surface area contributed by atoms with Crippen molar-refractivity contribution in [1.29, 1.82) is 0 Å². The summed E-state index contributed by atoms with van der Waals surface area (Å²) in [6.07, 6.45) is 11.8. The summed E-state index contributed by atoms with van der Waals surface area (Å²) in [6, 6.07) is 10.7. The van der Waals surface area contributed by atoms with E-state index >= 15 is 0 Å². The van der Waals surface area contributed by atoms with Crippen molar-refractivity contribution < 1.29 is 0 Å². The number of likely N-dealkylation sites (tertiary alicyclic amines) is 1. The van der Waals surface area contributed by atoms with Crippen LogP contribution >= 0.6 is 0 Å². The van der Waals surface area contributed by atoms with Crippen molar-refractivity contribution in [3.63, 3.8) is 0 Å². The van der Waals surface area contributed by atoms with E-state index in [1.807, 2.05) is 12.3 Å². The molecule has 2 aromatic heterocycles. The quantitative estimate of drug-likeness (QED) is 0.552. The van der Waals surface area contributed by atoms with Gasteiger partial charge in [-0.3, -0.25) is 4.90 Å². The molecule has 8 nitrogen and oxygen atoms in total. The number of aromatic amines is 1. The molecule has 5 rings (SSSR count). The number of anilines is 2. The van der Waals surface area contributed by atoms with Gasteiger partial charge in [0.05, 0.1) is 0 Å². The highest BCUT2D eigenvalue weighted by molar-refractivity contribution is 5.56. The highest BCUT2D eigenvalue weighted by Crippen LogP contribution is 2.30. The summed E-state index contributed by atoms with van der Waals surface area (Å²) in [5.41, 5.74) is 2.39. The average molecular weight is 433 g/mol. The van der Waals surface area contributed by atoms with Crippen molar-refractivity contribution in [2.24, 2.45) is 0 Å². The molecule has 3 aromatic rings. The first kappa shape index (κ1) is 21.0. The van der Waals surface area contributed by atoms with Crippen LogP contribution < -0.4 is 5.32 Å². The third-order valence-electron chi connectivity index (χ3n) is 6.84. The van der Waals surface area contributed by atoms with Gasteiger partial charge in [-0.05, 0) is 62.5 Å². The normalized spacial score (nSPS) is 19.0. The third kappa shape index (κ3) is 5.30. The van der Waals surface area contributed by atoms with E-state index < -0.39 is 0 Å². The Labute approximate surface area is 189 Å². The molecule has 1 aliphatic heterocycles. The summed E-state index contributed by atoms with van der Waals surface area (Å²) in [5.74, 6) is 3.67. The van der Waals surface area contributed by atoms with Crippen LogP contribution in [0.25, 0.3) is 0 Å². The molecule has 2 fully saturated rings. The highest BCUT2D eigenvalue weighted by atomic mass is 15.5. The smallest absolute Gasteiger partial charge is 0.177 e. The molecular formula is C24H32N8. The number of nitrogens with zero attached hydrogens (tertiary/aromatic N) is 6. The van der Waals surface area contributed by atoms with Gasteiger partial charge in [0, 0.05) is 30.3 Å². The maximum atomic E-state index is 4.83. The van der Waals surface area contributed by atoms with E-state index in [9.17, 15) is 0 Å². The van der Waals surface area contributed by atoms with E-state index in [1.165, 1.54) is 44.1 Å². The number of hydrogen-bond acceptors (Lipinski definition) is 7. The number of nitrogens with one attached hydrogen (secondary N) is 2. The predicted octanol–water partition coefficient (Wildman–Crippen LogP) is 4.55. The topological polar surface area (TPSA) is 95.5 Å². The molecule has 8 heteroatoms.